The number of hydrogen-bond acceptors (Lipinski definition) is 4. The van der Waals surface area contributed by atoms with E-state index in [1.165, 1.54) is 7.11 Å². The highest BCUT2D eigenvalue weighted by molar-refractivity contribution is 5.93. The average molecular weight is 256 g/mol. The van der Waals surface area contributed by atoms with Gasteiger partial charge in [0, 0.05) is 6.42 Å². The Labute approximate surface area is 106 Å². The Balaban J connectivity index is 2.51. The fourth-order valence-corrected chi connectivity index (χ4v) is 1.88. The van der Waals surface area contributed by atoms with Crippen molar-refractivity contribution in [1.82, 2.24) is 10.6 Å². The standard InChI is InChI=1S/C12H20N2O4/c1-3-4-5-9(12(17)18-2)14-11(16)8-6-7-10(15)13-8/h8-9H,3-7H2,1-2H3,(H,13,15)(H,14,16)/t8-,9-/m0/s1. The van der Waals surface area contributed by atoms with Crippen molar-refractivity contribution < 1.29 is 19.1 Å². The third-order valence-electron chi connectivity index (χ3n) is 2.96. The summed E-state index contributed by atoms with van der Waals surface area (Å²) >= 11 is 0. The second kappa shape index (κ2) is 6.98. The van der Waals surface area contributed by atoms with Crippen LogP contribution >= 0.6 is 0 Å². The zero-order valence-electron chi connectivity index (χ0n) is 10.8. The molecule has 0 aliphatic carbocycles. The van der Waals surface area contributed by atoms with E-state index in [-0.39, 0.29) is 11.8 Å². The summed E-state index contributed by atoms with van der Waals surface area (Å²) < 4.78 is 4.65. The largest absolute Gasteiger partial charge is 0.467 e. The molecule has 0 unspecified atom stereocenters. The van der Waals surface area contributed by atoms with Gasteiger partial charge in [-0.25, -0.2) is 4.79 Å². The van der Waals surface area contributed by atoms with Crippen LogP contribution in [0.1, 0.15) is 39.0 Å². The number of nitrogens with one attached hydrogen (secondary N) is 2. The van der Waals surface area contributed by atoms with Gasteiger partial charge in [-0.1, -0.05) is 19.8 Å². The van der Waals surface area contributed by atoms with E-state index in [0.717, 1.165) is 12.8 Å². The predicted molar refractivity (Wildman–Crippen MR) is 64.6 cm³/mol. The maximum Gasteiger partial charge on any atom is 0.328 e. The maximum atomic E-state index is 11.9. The minimum Gasteiger partial charge on any atom is -0.467 e. The van der Waals surface area contributed by atoms with Crippen LogP contribution in [0.2, 0.25) is 0 Å². The number of carbonyl (C=O) groups is 3. The van der Waals surface area contributed by atoms with Gasteiger partial charge in [0.25, 0.3) is 0 Å². The van der Waals surface area contributed by atoms with Crippen LogP contribution in [0.25, 0.3) is 0 Å². The lowest BCUT2D eigenvalue weighted by Gasteiger charge is -2.18. The SMILES string of the molecule is CCCC[C@H](NC(=O)[C@@H]1CCC(=O)N1)C(=O)OC. The monoisotopic (exact) mass is 256 g/mol. The van der Waals surface area contributed by atoms with Crippen molar-refractivity contribution in [2.75, 3.05) is 7.11 Å². The zero-order valence-corrected chi connectivity index (χ0v) is 10.8. The third kappa shape index (κ3) is 4.01. The fraction of sp³-hybridized carbons (Fsp3) is 0.750. The van der Waals surface area contributed by atoms with Crippen molar-refractivity contribution in [1.29, 1.82) is 0 Å². The lowest BCUT2D eigenvalue weighted by atomic mass is 10.1. The highest BCUT2D eigenvalue weighted by Crippen LogP contribution is 2.08. The molecule has 0 aromatic rings. The summed E-state index contributed by atoms with van der Waals surface area (Å²) in [6.45, 7) is 2.01. The second-order valence-corrected chi connectivity index (χ2v) is 4.39. The first-order valence-corrected chi connectivity index (χ1v) is 6.26. The van der Waals surface area contributed by atoms with E-state index in [1.54, 1.807) is 0 Å². The number of unbranched alkanes of at least 4 members (excludes halogenated alkanes) is 1. The molecule has 1 aliphatic rings. The van der Waals surface area contributed by atoms with Crippen molar-refractivity contribution in [2.45, 2.75) is 51.1 Å². The Morgan fingerprint density at radius 3 is 2.78 bits per heavy atom. The highest BCUT2D eigenvalue weighted by Gasteiger charge is 2.30. The topological polar surface area (TPSA) is 84.5 Å². The Kier molecular flexibility index (Phi) is 5.61. The molecule has 18 heavy (non-hydrogen) atoms. The normalized spacial score (nSPS) is 20.1. The molecule has 0 saturated carbocycles. The van der Waals surface area contributed by atoms with Gasteiger partial charge in [0.05, 0.1) is 7.11 Å². The number of methoxy groups -OCH3 is 1. The van der Waals surface area contributed by atoms with Crippen LogP contribution in [-0.2, 0) is 19.1 Å². The molecule has 0 aromatic heterocycles. The van der Waals surface area contributed by atoms with Crippen LogP contribution in [0.5, 0.6) is 0 Å². The first-order chi connectivity index (χ1) is 8.58. The number of amides is 2. The number of ether oxygens (including phenoxy) is 1. The molecule has 1 heterocycles. The first kappa shape index (κ1) is 14.5. The van der Waals surface area contributed by atoms with Crippen LogP contribution in [0.4, 0.5) is 0 Å². The summed E-state index contributed by atoms with van der Waals surface area (Å²) in [4.78, 5) is 34.4. The molecule has 2 amide bonds. The van der Waals surface area contributed by atoms with Crippen molar-refractivity contribution in [3.63, 3.8) is 0 Å². The lowest BCUT2D eigenvalue weighted by Crippen LogP contribution is -2.49. The minimum absolute atomic E-state index is 0.127. The molecule has 1 fully saturated rings. The van der Waals surface area contributed by atoms with E-state index < -0.39 is 18.1 Å². The Morgan fingerprint density at radius 1 is 1.56 bits per heavy atom. The number of hydrogen-bond donors (Lipinski definition) is 2. The van der Waals surface area contributed by atoms with Gasteiger partial charge in [-0.05, 0) is 12.8 Å². The fourth-order valence-electron chi connectivity index (χ4n) is 1.88. The van der Waals surface area contributed by atoms with Gasteiger partial charge in [-0.15, -0.1) is 0 Å². The quantitative estimate of drug-likeness (QED) is 0.661. The highest BCUT2D eigenvalue weighted by atomic mass is 16.5. The van der Waals surface area contributed by atoms with E-state index in [1.807, 2.05) is 6.92 Å². The van der Waals surface area contributed by atoms with Crippen molar-refractivity contribution in [3.8, 4) is 0 Å². The molecule has 0 aromatic carbocycles. The number of rotatable bonds is 6. The second-order valence-electron chi connectivity index (χ2n) is 4.39. The van der Waals surface area contributed by atoms with Crippen molar-refractivity contribution >= 4 is 17.8 Å². The van der Waals surface area contributed by atoms with Crippen LogP contribution in [0.3, 0.4) is 0 Å². The molecule has 1 saturated heterocycles. The van der Waals surface area contributed by atoms with Gasteiger partial charge in [0.1, 0.15) is 12.1 Å². The van der Waals surface area contributed by atoms with Gasteiger partial charge in [0.2, 0.25) is 11.8 Å². The van der Waals surface area contributed by atoms with E-state index in [0.29, 0.717) is 19.3 Å². The summed E-state index contributed by atoms with van der Waals surface area (Å²) in [6, 6.07) is -1.15. The predicted octanol–water partition coefficient (Wildman–Crippen LogP) is 0.113. The summed E-state index contributed by atoms with van der Waals surface area (Å²) in [7, 11) is 1.30. The van der Waals surface area contributed by atoms with Crippen molar-refractivity contribution in [3.05, 3.63) is 0 Å². The first-order valence-electron chi connectivity index (χ1n) is 6.26. The maximum absolute atomic E-state index is 11.9. The Bertz CT molecular complexity index is 330. The third-order valence-corrected chi connectivity index (χ3v) is 2.96. The summed E-state index contributed by atoms with van der Waals surface area (Å²) in [5.41, 5.74) is 0. The molecule has 1 rings (SSSR count). The van der Waals surface area contributed by atoms with E-state index >= 15 is 0 Å². The van der Waals surface area contributed by atoms with Gasteiger partial charge >= 0.3 is 5.97 Å². The summed E-state index contributed by atoms with van der Waals surface area (Å²) in [5, 5.41) is 5.21. The van der Waals surface area contributed by atoms with Gasteiger partial charge in [-0.2, -0.15) is 0 Å². The smallest absolute Gasteiger partial charge is 0.328 e. The molecule has 0 spiro atoms. The minimum atomic E-state index is -0.625. The Hall–Kier alpha value is -1.59. The zero-order chi connectivity index (χ0) is 13.5. The van der Waals surface area contributed by atoms with Crippen LogP contribution < -0.4 is 10.6 Å². The van der Waals surface area contributed by atoms with Crippen LogP contribution in [-0.4, -0.2) is 37.0 Å². The van der Waals surface area contributed by atoms with Gasteiger partial charge in [-0.3, -0.25) is 9.59 Å². The Morgan fingerprint density at radius 2 is 2.28 bits per heavy atom. The molecule has 6 nitrogen and oxygen atoms in total. The lowest BCUT2D eigenvalue weighted by molar-refractivity contribution is -0.145. The van der Waals surface area contributed by atoms with Gasteiger partial charge in [0.15, 0.2) is 0 Å². The molecule has 1 aliphatic heterocycles. The summed E-state index contributed by atoms with van der Waals surface area (Å²) in [6.07, 6.45) is 3.15. The molecule has 2 N–H and O–H groups in total. The van der Waals surface area contributed by atoms with Gasteiger partial charge < -0.3 is 15.4 Å². The van der Waals surface area contributed by atoms with Crippen molar-refractivity contribution in [2.24, 2.45) is 0 Å². The summed E-state index contributed by atoms with van der Waals surface area (Å²) in [5.74, 6) is -0.883. The number of esters is 1. The van der Waals surface area contributed by atoms with Crippen LogP contribution in [0, 0.1) is 0 Å². The van der Waals surface area contributed by atoms with Crippen LogP contribution in [0.15, 0.2) is 0 Å². The van der Waals surface area contributed by atoms with E-state index in [9.17, 15) is 14.4 Å². The molecule has 6 heteroatoms. The average Bonchev–Trinajstić information content (AvgIpc) is 2.80. The molecule has 102 valence electrons. The molecular weight excluding hydrogens is 236 g/mol. The van der Waals surface area contributed by atoms with E-state index in [4.69, 9.17) is 0 Å². The molecule has 2 atom stereocenters. The molecule has 0 radical (unpaired) electrons. The number of carbonyl (C=O) groups excluding carboxylic acids is 3. The molecular formula is C12H20N2O4. The van der Waals surface area contributed by atoms with E-state index in [2.05, 4.69) is 15.4 Å². The molecule has 0 bridgehead atoms.